The van der Waals surface area contributed by atoms with Gasteiger partial charge in [-0.1, -0.05) is 11.6 Å². The van der Waals surface area contributed by atoms with Crippen LogP contribution in [0.25, 0.3) is 0 Å². The lowest BCUT2D eigenvalue weighted by atomic mass is 9.80. The highest BCUT2D eigenvalue weighted by molar-refractivity contribution is 6.30. The van der Waals surface area contributed by atoms with Crippen molar-refractivity contribution in [1.29, 1.82) is 0 Å². The van der Waals surface area contributed by atoms with Gasteiger partial charge in [0.1, 0.15) is 47.6 Å². The van der Waals surface area contributed by atoms with E-state index in [1.807, 2.05) is 0 Å². The van der Waals surface area contributed by atoms with Crippen molar-refractivity contribution in [2.24, 2.45) is 5.41 Å². The molecule has 0 bridgehead atoms. The zero-order valence-electron chi connectivity index (χ0n) is 32.1. The number of aromatic nitrogens is 3. The van der Waals surface area contributed by atoms with E-state index in [9.17, 15) is 4.79 Å². The Bertz CT molecular complexity index is 1700. The molecule has 3 saturated heterocycles. The van der Waals surface area contributed by atoms with E-state index in [0.717, 1.165) is 0 Å². The number of halogens is 4. The Hall–Kier alpha value is -4.70. The number of hydrogen-bond donors (Lipinski definition) is 1. The second-order valence-electron chi connectivity index (χ2n) is 15.0. The highest BCUT2D eigenvalue weighted by Gasteiger charge is 2.61. The topological polar surface area (TPSA) is 114 Å². The second-order valence-corrected chi connectivity index (χ2v) is 15.4. The van der Waals surface area contributed by atoms with E-state index >= 15 is 13.2 Å². The minimum absolute atomic E-state index is 0.0448. The number of anilines is 1. The second kappa shape index (κ2) is 19.8. The maximum atomic E-state index is 18.2. The van der Waals surface area contributed by atoms with Gasteiger partial charge in [0, 0.05) is 87.2 Å². The Morgan fingerprint density at radius 2 is 1.00 bits per heavy atom. The molecule has 1 aromatic carbocycles. The molecule has 6 heterocycles. The van der Waals surface area contributed by atoms with E-state index in [2.05, 4.69) is 20.3 Å². The molecule has 6 atom stereocenters. The van der Waals surface area contributed by atoms with Crippen molar-refractivity contribution in [2.45, 2.75) is 75.7 Å². The predicted molar refractivity (Wildman–Crippen MR) is 212 cm³/mol. The van der Waals surface area contributed by atoms with Crippen LogP contribution in [0.4, 0.5) is 23.7 Å². The van der Waals surface area contributed by atoms with Crippen LogP contribution in [0.1, 0.15) is 38.5 Å². The van der Waals surface area contributed by atoms with Gasteiger partial charge in [-0.05, 0) is 99.2 Å². The lowest BCUT2D eigenvalue weighted by Crippen LogP contribution is -2.68. The van der Waals surface area contributed by atoms with Gasteiger partial charge in [0.25, 0.3) is 0 Å². The maximum absolute atomic E-state index is 18.2. The van der Waals surface area contributed by atoms with Crippen LogP contribution >= 0.6 is 11.6 Å². The van der Waals surface area contributed by atoms with Crippen LogP contribution in [0.15, 0.2) is 97.8 Å². The van der Waals surface area contributed by atoms with Crippen molar-refractivity contribution in [3.63, 3.8) is 0 Å². The number of carbonyl (C=O) groups excluding carboxylic acids is 1. The number of ether oxygens (including phenoxy) is 4. The lowest BCUT2D eigenvalue weighted by molar-refractivity contribution is -0.224. The molecule has 7 rings (SSSR count). The third-order valence-electron chi connectivity index (χ3n) is 10.9. The normalized spacial score (nSPS) is 23.4. The van der Waals surface area contributed by atoms with Crippen molar-refractivity contribution in [2.75, 3.05) is 51.2 Å². The van der Waals surface area contributed by atoms with Crippen LogP contribution in [0.3, 0.4) is 0 Å². The van der Waals surface area contributed by atoms with Crippen LogP contribution in [0.2, 0.25) is 5.02 Å². The number of likely N-dealkylation sites (tertiary alicyclic amines) is 3. The fourth-order valence-corrected chi connectivity index (χ4v) is 8.20. The molecule has 0 spiro atoms. The quantitative estimate of drug-likeness (QED) is 0.120. The molecule has 1 N–H and O–H groups in total. The van der Waals surface area contributed by atoms with Crippen molar-refractivity contribution in [3.05, 3.63) is 103 Å². The minimum Gasteiger partial charge on any atom is -0.489 e. The minimum atomic E-state index is -2.58. The first-order chi connectivity index (χ1) is 28.3. The molecule has 3 fully saturated rings. The highest BCUT2D eigenvalue weighted by Crippen LogP contribution is 2.45. The molecule has 3 aromatic heterocycles. The summed E-state index contributed by atoms with van der Waals surface area (Å²) in [5.74, 6) is 1.67. The fourth-order valence-electron chi connectivity index (χ4n) is 8.08. The molecule has 310 valence electrons. The summed E-state index contributed by atoms with van der Waals surface area (Å²) in [5, 5.41) is 3.05. The standard InChI is InChI=1S/C42H49ClF3N7O5/c43-30-7-9-31(10-8-30)50-41(54)55-29-42(38(44)51-23-1-4-35(26-51)56-32-11-17-47-18-12-32,39(45)52-24-2-5-36(27-52)57-33-13-19-48-20-14-33)40(46)53-25-3-6-37(28-53)58-34-15-21-49-22-16-34/h7-22,35-40H,1-6,23-29H2,(H,50,54)/t35-,36-,37-,38?,39?,40?,42?/m1/s1. The van der Waals surface area contributed by atoms with Crippen molar-refractivity contribution in [3.8, 4) is 17.2 Å². The van der Waals surface area contributed by atoms with Crippen LogP contribution < -0.4 is 19.5 Å². The molecule has 0 aliphatic carbocycles. The number of nitrogens with zero attached hydrogens (tertiary/aromatic N) is 6. The molecule has 3 aliphatic heterocycles. The number of nitrogens with one attached hydrogen (secondary N) is 1. The average molecular weight is 824 g/mol. The molecular formula is C42H49ClF3N7O5. The number of rotatable bonds is 15. The lowest BCUT2D eigenvalue weighted by Gasteiger charge is -2.52. The van der Waals surface area contributed by atoms with Gasteiger partial charge in [0.2, 0.25) is 0 Å². The molecule has 0 radical (unpaired) electrons. The van der Waals surface area contributed by atoms with Gasteiger partial charge in [-0.25, -0.2) is 18.0 Å². The summed E-state index contributed by atoms with van der Waals surface area (Å²) in [4.78, 5) is 29.9. The van der Waals surface area contributed by atoms with E-state index in [0.29, 0.717) is 66.5 Å². The summed E-state index contributed by atoms with van der Waals surface area (Å²) in [7, 11) is 0. The van der Waals surface area contributed by atoms with Gasteiger partial charge >= 0.3 is 6.09 Å². The van der Waals surface area contributed by atoms with E-state index < -0.39 is 55.3 Å². The first-order valence-electron chi connectivity index (χ1n) is 19.8. The fraction of sp³-hybridized carbons (Fsp3) is 0.476. The van der Waals surface area contributed by atoms with Crippen molar-refractivity contribution >= 4 is 23.4 Å². The molecule has 58 heavy (non-hydrogen) atoms. The number of alkyl halides is 3. The summed E-state index contributed by atoms with van der Waals surface area (Å²) in [6.07, 6.45) is 3.72. The maximum Gasteiger partial charge on any atom is 0.411 e. The van der Waals surface area contributed by atoms with Crippen molar-refractivity contribution in [1.82, 2.24) is 29.7 Å². The molecule has 16 heteroatoms. The molecule has 12 nitrogen and oxygen atoms in total. The third-order valence-corrected chi connectivity index (χ3v) is 11.2. The average Bonchev–Trinajstić information content (AvgIpc) is 3.26. The summed E-state index contributed by atoms with van der Waals surface area (Å²) in [5.41, 5.74) is -2.23. The Labute approximate surface area is 341 Å². The monoisotopic (exact) mass is 823 g/mol. The Morgan fingerprint density at radius 3 is 1.36 bits per heavy atom. The number of amides is 1. The van der Waals surface area contributed by atoms with Gasteiger partial charge in [-0.15, -0.1) is 0 Å². The molecule has 4 aromatic rings. The zero-order chi connectivity index (χ0) is 40.3. The van der Waals surface area contributed by atoms with Gasteiger partial charge in [0.05, 0.1) is 0 Å². The summed E-state index contributed by atoms with van der Waals surface area (Å²) in [6.45, 7) is -0.179. The molecule has 0 saturated carbocycles. The van der Waals surface area contributed by atoms with E-state index in [-0.39, 0.29) is 39.3 Å². The number of pyridine rings is 3. The number of carbonyl (C=O) groups is 1. The van der Waals surface area contributed by atoms with Crippen LogP contribution in [0, 0.1) is 5.41 Å². The summed E-state index contributed by atoms with van der Waals surface area (Å²) >= 11 is 6.04. The van der Waals surface area contributed by atoms with Crippen LogP contribution in [0.5, 0.6) is 17.2 Å². The third kappa shape index (κ3) is 10.5. The molecule has 1 amide bonds. The largest absolute Gasteiger partial charge is 0.489 e. The van der Waals surface area contributed by atoms with Gasteiger partial charge in [-0.2, -0.15) is 0 Å². The Kier molecular flexibility index (Phi) is 14.2. The highest BCUT2D eigenvalue weighted by atomic mass is 35.5. The molecule has 3 aliphatic rings. The van der Waals surface area contributed by atoms with Gasteiger partial charge in [-0.3, -0.25) is 35.0 Å². The van der Waals surface area contributed by atoms with Crippen molar-refractivity contribution < 1.29 is 36.9 Å². The van der Waals surface area contributed by atoms with E-state index in [1.54, 1.807) is 97.8 Å². The van der Waals surface area contributed by atoms with E-state index in [4.69, 9.17) is 30.5 Å². The van der Waals surface area contributed by atoms with Crippen LogP contribution in [-0.4, -0.2) is 119 Å². The van der Waals surface area contributed by atoms with Gasteiger partial charge in [0.15, 0.2) is 18.9 Å². The number of benzene rings is 1. The summed E-state index contributed by atoms with van der Waals surface area (Å²) < 4.78 is 78.9. The number of piperidine rings is 3. The first-order valence-corrected chi connectivity index (χ1v) is 20.2. The SMILES string of the molecule is O=C(Nc1ccc(Cl)cc1)OCC(C(F)N1CCC[C@@H](Oc2ccncc2)C1)(C(F)N1CCC[C@@H](Oc2ccncc2)C1)C(F)N1CCC[C@@H](Oc2ccncc2)C1. The predicted octanol–water partition coefficient (Wildman–Crippen LogP) is 7.58. The molecular weight excluding hydrogens is 775 g/mol. The van der Waals surface area contributed by atoms with E-state index in [1.165, 1.54) is 14.7 Å². The number of hydrogen-bond acceptors (Lipinski definition) is 11. The summed E-state index contributed by atoms with van der Waals surface area (Å²) in [6, 6.07) is 16.5. The van der Waals surface area contributed by atoms with Crippen LogP contribution in [-0.2, 0) is 4.74 Å². The zero-order valence-corrected chi connectivity index (χ0v) is 32.9. The smallest absolute Gasteiger partial charge is 0.411 e. The first kappa shape index (κ1) is 41.5. The molecule has 3 unspecified atom stereocenters. The van der Waals surface area contributed by atoms with Gasteiger partial charge < -0.3 is 18.9 Å². The Balaban J connectivity index is 1.21. The Morgan fingerprint density at radius 1 is 0.638 bits per heavy atom.